The molecule has 0 unspecified atom stereocenters. The molecule has 16 heavy (non-hydrogen) atoms. The monoisotopic (exact) mass is 239 g/mol. The molecular formula is C10H17N5S. The minimum atomic E-state index is 0.465. The number of hydrogen-bond donors (Lipinski definition) is 3. The fraction of sp³-hybridized carbons (Fsp3) is 0.600. The zero-order chi connectivity index (χ0) is 11.4. The van der Waals surface area contributed by atoms with Crippen LogP contribution in [-0.2, 0) is 0 Å². The predicted molar refractivity (Wildman–Crippen MR) is 68.5 cm³/mol. The minimum Gasteiger partial charge on any atom is -0.367 e. The van der Waals surface area contributed by atoms with Crippen molar-refractivity contribution in [2.45, 2.75) is 25.8 Å². The Morgan fingerprint density at radius 1 is 1.38 bits per heavy atom. The third-order valence-electron chi connectivity index (χ3n) is 2.56. The Kier molecular flexibility index (Phi) is 3.84. The largest absolute Gasteiger partial charge is 0.367 e. The second-order valence-corrected chi connectivity index (χ2v) is 5.12. The van der Waals surface area contributed by atoms with Gasteiger partial charge in [0.05, 0.1) is 0 Å². The normalized spacial score (nSPS) is 17.1. The van der Waals surface area contributed by atoms with Crippen molar-refractivity contribution < 1.29 is 0 Å². The average Bonchev–Trinajstić information content (AvgIpc) is 2.29. The van der Waals surface area contributed by atoms with Crippen molar-refractivity contribution in [3.05, 3.63) is 11.8 Å². The summed E-state index contributed by atoms with van der Waals surface area (Å²) in [7, 11) is 0. The molecule has 1 aliphatic rings. The molecule has 1 aromatic heterocycles. The predicted octanol–water partition coefficient (Wildman–Crippen LogP) is 1.38. The van der Waals surface area contributed by atoms with E-state index < -0.39 is 0 Å². The molecule has 0 saturated carbocycles. The fourth-order valence-electron chi connectivity index (χ4n) is 1.76. The van der Waals surface area contributed by atoms with Crippen LogP contribution in [-0.4, -0.2) is 27.5 Å². The van der Waals surface area contributed by atoms with Gasteiger partial charge < -0.3 is 5.32 Å². The topological polar surface area (TPSA) is 75.9 Å². The van der Waals surface area contributed by atoms with E-state index in [1.165, 1.54) is 24.3 Å². The number of aromatic nitrogens is 2. The fourth-order valence-corrected chi connectivity index (χ4v) is 2.86. The Bertz CT molecular complexity index is 351. The highest BCUT2D eigenvalue weighted by Gasteiger charge is 2.14. The lowest BCUT2D eigenvalue weighted by Crippen LogP contribution is -2.25. The number of nitrogens with two attached hydrogens (primary N) is 1. The van der Waals surface area contributed by atoms with Crippen LogP contribution in [0.3, 0.4) is 0 Å². The Balaban J connectivity index is 2.04. The number of aryl methyl sites for hydroxylation is 1. The van der Waals surface area contributed by atoms with E-state index in [1.807, 2.05) is 24.8 Å². The maximum Gasteiger partial charge on any atom is 0.239 e. The van der Waals surface area contributed by atoms with Crippen LogP contribution in [0.2, 0.25) is 0 Å². The van der Waals surface area contributed by atoms with Crippen molar-refractivity contribution in [3.63, 3.8) is 0 Å². The second-order valence-electron chi connectivity index (χ2n) is 3.89. The number of hydrazine groups is 1. The summed E-state index contributed by atoms with van der Waals surface area (Å²) in [6, 6.07) is 2.48. The van der Waals surface area contributed by atoms with Gasteiger partial charge in [0.25, 0.3) is 0 Å². The van der Waals surface area contributed by atoms with Crippen LogP contribution >= 0.6 is 11.8 Å². The van der Waals surface area contributed by atoms with Crippen molar-refractivity contribution >= 4 is 23.5 Å². The first-order valence-corrected chi connectivity index (χ1v) is 6.60. The van der Waals surface area contributed by atoms with Gasteiger partial charge in [-0.1, -0.05) is 0 Å². The van der Waals surface area contributed by atoms with E-state index in [1.54, 1.807) is 0 Å². The number of nitrogens with zero attached hydrogens (tertiary/aromatic N) is 2. The molecule has 0 atom stereocenters. The molecule has 0 bridgehead atoms. The first kappa shape index (κ1) is 11.5. The van der Waals surface area contributed by atoms with E-state index in [0.717, 1.165) is 11.5 Å². The quantitative estimate of drug-likeness (QED) is 0.546. The van der Waals surface area contributed by atoms with Crippen molar-refractivity contribution in [3.8, 4) is 0 Å². The zero-order valence-electron chi connectivity index (χ0n) is 9.36. The molecule has 2 heterocycles. The summed E-state index contributed by atoms with van der Waals surface area (Å²) >= 11 is 2.01. The summed E-state index contributed by atoms with van der Waals surface area (Å²) < 4.78 is 0. The summed E-state index contributed by atoms with van der Waals surface area (Å²) in [6.45, 7) is 1.93. The van der Waals surface area contributed by atoms with Gasteiger partial charge in [0, 0.05) is 17.8 Å². The molecule has 1 aliphatic heterocycles. The number of hydrogen-bond acceptors (Lipinski definition) is 6. The third-order valence-corrected chi connectivity index (χ3v) is 3.61. The Labute approximate surface area is 99.6 Å². The van der Waals surface area contributed by atoms with Crippen LogP contribution in [0, 0.1) is 6.92 Å². The average molecular weight is 239 g/mol. The van der Waals surface area contributed by atoms with E-state index in [2.05, 4.69) is 20.7 Å². The number of thioether (sulfide) groups is 1. The maximum atomic E-state index is 5.31. The van der Waals surface area contributed by atoms with Crippen molar-refractivity contribution in [1.29, 1.82) is 0 Å². The molecule has 5 nitrogen and oxygen atoms in total. The van der Waals surface area contributed by atoms with Gasteiger partial charge in [-0.25, -0.2) is 10.8 Å². The highest BCUT2D eigenvalue weighted by Crippen LogP contribution is 2.20. The van der Waals surface area contributed by atoms with Gasteiger partial charge in [0.2, 0.25) is 5.95 Å². The highest BCUT2D eigenvalue weighted by molar-refractivity contribution is 7.99. The summed E-state index contributed by atoms with van der Waals surface area (Å²) in [4.78, 5) is 8.44. The Hall–Kier alpha value is -1.01. The summed E-state index contributed by atoms with van der Waals surface area (Å²) in [5.41, 5.74) is 3.39. The minimum absolute atomic E-state index is 0.465. The molecule has 0 aliphatic carbocycles. The molecule has 0 spiro atoms. The van der Waals surface area contributed by atoms with Crippen LogP contribution in [0.4, 0.5) is 11.8 Å². The number of nitrogen functional groups attached to an aromatic ring is 1. The van der Waals surface area contributed by atoms with E-state index in [4.69, 9.17) is 5.84 Å². The van der Waals surface area contributed by atoms with E-state index in [0.29, 0.717) is 12.0 Å². The van der Waals surface area contributed by atoms with E-state index in [-0.39, 0.29) is 0 Å². The van der Waals surface area contributed by atoms with Crippen LogP contribution in [0.1, 0.15) is 18.5 Å². The van der Waals surface area contributed by atoms with Gasteiger partial charge in [0.1, 0.15) is 5.82 Å². The molecular weight excluding hydrogens is 222 g/mol. The molecule has 1 saturated heterocycles. The van der Waals surface area contributed by atoms with Crippen molar-refractivity contribution in [2.75, 3.05) is 22.2 Å². The summed E-state index contributed by atoms with van der Waals surface area (Å²) in [5.74, 6) is 9.09. The van der Waals surface area contributed by atoms with Crippen LogP contribution in [0.25, 0.3) is 0 Å². The van der Waals surface area contributed by atoms with Crippen LogP contribution < -0.4 is 16.6 Å². The van der Waals surface area contributed by atoms with Crippen molar-refractivity contribution in [2.24, 2.45) is 5.84 Å². The Morgan fingerprint density at radius 2 is 2.12 bits per heavy atom. The van der Waals surface area contributed by atoms with E-state index >= 15 is 0 Å². The first-order valence-electron chi connectivity index (χ1n) is 5.44. The lowest BCUT2D eigenvalue weighted by Gasteiger charge is -2.23. The molecule has 2 rings (SSSR count). The van der Waals surface area contributed by atoms with Gasteiger partial charge in [-0.3, -0.25) is 5.43 Å². The molecule has 4 N–H and O–H groups in total. The van der Waals surface area contributed by atoms with E-state index in [9.17, 15) is 0 Å². The third kappa shape index (κ3) is 2.99. The maximum absolute atomic E-state index is 5.31. The molecule has 1 fully saturated rings. The smallest absolute Gasteiger partial charge is 0.239 e. The summed E-state index contributed by atoms with van der Waals surface area (Å²) in [5, 5.41) is 3.44. The van der Waals surface area contributed by atoms with Gasteiger partial charge in [-0.15, -0.1) is 0 Å². The number of anilines is 2. The SMILES string of the molecule is Cc1cc(NC2CCSCC2)nc(NN)n1. The lowest BCUT2D eigenvalue weighted by molar-refractivity contribution is 0.663. The number of rotatable bonds is 3. The van der Waals surface area contributed by atoms with Crippen molar-refractivity contribution in [1.82, 2.24) is 9.97 Å². The number of nitrogens with one attached hydrogen (secondary N) is 2. The lowest BCUT2D eigenvalue weighted by atomic mass is 10.1. The summed E-state index contributed by atoms with van der Waals surface area (Å²) in [6.07, 6.45) is 2.39. The van der Waals surface area contributed by atoms with Crippen LogP contribution in [0.5, 0.6) is 0 Å². The zero-order valence-corrected chi connectivity index (χ0v) is 10.2. The molecule has 6 heteroatoms. The molecule has 88 valence electrons. The molecule has 1 aromatic rings. The van der Waals surface area contributed by atoms with Crippen LogP contribution in [0.15, 0.2) is 6.07 Å². The van der Waals surface area contributed by atoms with Gasteiger partial charge in [0.15, 0.2) is 0 Å². The molecule has 0 amide bonds. The van der Waals surface area contributed by atoms with Gasteiger partial charge in [-0.05, 0) is 31.3 Å². The van der Waals surface area contributed by atoms with Gasteiger partial charge >= 0.3 is 0 Å². The molecule has 0 aromatic carbocycles. The molecule has 0 radical (unpaired) electrons. The second kappa shape index (κ2) is 5.36. The highest BCUT2D eigenvalue weighted by atomic mass is 32.2. The van der Waals surface area contributed by atoms with Gasteiger partial charge in [-0.2, -0.15) is 16.7 Å². The standard InChI is InChI=1S/C10H17N5S/c1-7-6-9(14-10(12-7)15-11)13-8-2-4-16-5-3-8/h6,8H,2-5,11H2,1H3,(H2,12,13,14,15). The first-order chi connectivity index (χ1) is 7.78. The Morgan fingerprint density at radius 3 is 2.81 bits per heavy atom.